The molecule has 9 rings (SSSR count). The van der Waals surface area contributed by atoms with Gasteiger partial charge in [0.1, 0.15) is 0 Å². The van der Waals surface area contributed by atoms with E-state index in [2.05, 4.69) is 147 Å². The van der Waals surface area contributed by atoms with Crippen molar-refractivity contribution in [2.45, 2.75) is 59.3 Å². The minimum atomic E-state index is 0.938. The normalized spacial score (nSPS) is 12.5. The van der Waals surface area contributed by atoms with Gasteiger partial charge in [-0.15, -0.1) is 0 Å². The molecule has 0 saturated heterocycles. The van der Waals surface area contributed by atoms with E-state index in [1.165, 1.54) is 50.1 Å². The van der Waals surface area contributed by atoms with Crippen LogP contribution in [0.5, 0.6) is 0 Å². The number of pyridine rings is 3. The molecule has 0 unspecified atom stereocenters. The van der Waals surface area contributed by atoms with E-state index in [1.807, 2.05) is 12.4 Å². The number of aromatic nitrogens is 3. The number of rotatable bonds is 5. The van der Waals surface area contributed by atoms with Crippen LogP contribution in [0.25, 0.3) is 45.0 Å². The van der Waals surface area contributed by atoms with E-state index in [-0.39, 0.29) is 0 Å². The van der Waals surface area contributed by atoms with E-state index < -0.39 is 0 Å². The third kappa shape index (κ3) is 7.44. The maximum absolute atomic E-state index is 5.31. The van der Waals surface area contributed by atoms with Crippen LogP contribution in [0.4, 0.5) is 0 Å². The second kappa shape index (κ2) is 14.3. The number of fused-ring (bicyclic) bond motifs is 4. The summed E-state index contributed by atoms with van der Waals surface area (Å²) in [4.78, 5) is 14.7. The number of hydrogen-bond donors (Lipinski definition) is 0. The minimum Gasteiger partial charge on any atom is -0.256 e. The van der Waals surface area contributed by atoms with Crippen molar-refractivity contribution >= 4 is 0 Å². The number of hydrogen-bond acceptors (Lipinski definition) is 3. The Morgan fingerprint density at radius 2 is 1.02 bits per heavy atom. The summed E-state index contributed by atoms with van der Waals surface area (Å²) < 4.78 is 0. The monoisotopic (exact) mass is 661 g/mol. The highest BCUT2D eigenvalue weighted by molar-refractivity contribution is 5.76. The average molecular weight is 662 g/mol. The van der Waals surface area contributed by atoms with Crippen LogP contribution in [0.2, 0.25) is 0 Å². The fourth-order valence-electron chi connectivity index (χ4n) is 7.23. The Morgan fingerprint density at radius 1 is 0.451 bits per heavy atom. The zero-order valence-electron chi connectivity index (χ0n) is 29.8. The molecular formula is C48H43N3. The molecule has 0 spiro atoms. The smallest absolute Gasteiger partial charge is 0.0741 e. The predicted octanol–water partition coefficient (Wildman–Crippen LogP) is 11.1. The third-order valence-electron chi connectivity index (χ3n) is 10.3. The molecule has 5 heterocycles. The van der Waals surface area contributed by atoms with Gasteiger partial charge < -0.3 is 0 Å². The molecule has 0 amide bonds. The van der Waals surface area contributed by atoms with Gasteiger partial charge in [-0.05, 0) is 134 Å². The lowest BCUT2D eigenvalue weighted by molar-refractivity contribution is 0.903. The van der Waals surface area contributed by atoms with Crippen LogP contribution in [-0.4, -0.2) is 15.0 Å². The first kappa shape index (κ1) is 32.5. The van der Waals surface area contributed by atoms with Crippen molar-refractivity contribution in [3.63, 3.8) is 0 Å². The quantitative estimate of drug-likeness (QED) is 0.184. The zero-order valence-corrected chi connectivity index (χ0v) is 29.8. The standard InChI is InChI=1S/C48H43N3/c1-32-4-23-45(49-30-32)41-17-11-35(12-18-41)7-9-37-26-38-10-8-36-13-19-42(20-14-36)47-25-6-34(3)48(51-47)44-29-43(46-24-5-33(2)31-50-46)22-21-40(44)16-15-39(27-37)28-38/h4-6,11-14,17-31H,7-10,15-16H2,1-3H3. The lowest BCUT2D eigenvalue weighted by Crippen LogP contribution is -2.02. The molecule has 51 heavy (non-hydrogen) atoms. The van der Waals surface area contributed by atoms with E-state index >= 15 is 0 Å². The van der Waals surface area contributed by atoms with Crippen LogP contribution in [0.3, 0.4) is 0 Å². The Kier molecular flexibility index (Phi) is 9.11. The zero-order chi connectivity index (χ0) is 34.7. The molecule has 4 aromatic carbocycles. The highest BCUT2D eigenvalue weighted by Crippen LogP contribution is 2.33. The molecule has 0 N–H and O–H groups in total. The minimum absolute atomic E-state index is 0.938. The van der Waals surface area contributed by atoms with E-state index in [0.29, 0.717) is 0 Å². The Morgan fingerprint density at radius 3 is 1.71 bits per heavy atom. The van der Waals surface area contributed by atoms with E-state index in [1.54, 1.807) is 0 Å². The van der Waals surface area contributed by atoms with Gasteiger partial charge in [0, 0.05) is 34.6 Å². The van der Waals surface area contributed by atoms with E-state index in [4.69, 9.17) is 9.97 Å². The second-order valence-corrected chi connectivity index (χ2v) is 14.2. The van der Waals surface area contributed by atoms with Crippen LogP contribution in [-0.2, 0) is 38.5 Å². The van der Waals surface area contributed by atoms with Gasteiger partial charge in [-0.25, -0.2) is 4.98 Å². The molecule has 0 atom stereocenters. The lowest BCUT2D eigenvalue weighted by atomic mass is 9.90. The fourth-order valence-corrected chi connectivity index (χ4v) is 7.23. The summed E-state index contributed by atoms with van der Waals surface area (Å²) in [6.07, 6.45) is 9.85. The molecule has 3 nitrogen and oxygen atoms in total. The van der Waals surface area contributed by atoms with E-state index in [0.717, 1.165) is 83.6 Å². The predicted molar refractivity (Wildman–Crippen MR) is 211 cm³/mol. The Hall–Kier alpha value is -5.67. The van der Waals surface area contributed by atoms with Gasteiger partial charge in [-0.2, -0.15) is 0 Å². The van der Waals surface area contributed by atoms with Crippen molar-refractivity contribution in [2.75, 3.05) is 0 Å². The Balaban J connectivity index is 1.12. The number of nitrogens with zero attached hydrogens (tertiary/aromatic N) is 3. The van der Waals surface area contributed by atoms with Gasteiger partial charge in [0.15, 0.2) is 0 Å². The van der Waals surface area contributed by atoms with Crippen LogP contribution in [0, 0.1) is 20.8 Å². The number of benzene rings is 4. The maximum atomic E-state index is 5.31. The third-order valence-corrected chi connectivity index (χ3v) is 10.3. The first-order valence-corrected chi connectivity index (χ1v) is 18.2. The van der Waals surface area contributed by atoms with Crippen molar-refractivity contribution in [1.29, 1.82) is 0 Å². The van der Waals surface area contributed by atoms with Crippen molar-refractivity contribution in [3.8, 4) is 45.0 Å². The topological polar surface area (TPSA) is 38.7 Å². The van der Waals surface area contributed by atoms with Crippen molar-refractivity contribution < 1.29 is 0 Å². The lowest BCUT2D eigenvalue weighted by Gasteiger charge is -2.16. The van der Waals surface area contributed by atoms with Crippen LogP contribution >= 0.6 is 0 Å². The molecule has 0 saturated carbocycles. The maximum Gasteiger partial charge on any atom is 0.0741 e. The van der Waals surface area contributed by atoms with Gasteiger partial charge in [-0.1, -0.05) is 97.1 Å². The van der Waals surface area contributed by atoms with Gasteiger partial charge in [0.25, 0.3) is 0 Å². The Labute approximate surface area is 302 Å². The molecule has 0 fully saturated rings. The largest absolute Gasteiger partial charge is 0.256 e. The van der Waals surface area contributed by atoms with Crippen LogP contribution in [0.15, 0.2) is 134 Å². The molecule has 6 bridgehead atoms. The van der Waals surface area contributed by atoms with Crippen molar-refractivity contribution in [3.05, 3.63) is 184 Å². The summed E-state index contributed by atoms with van der Waals surface area (Å²) in [5, 5.41) is 0. The van der Waals surface area contributed by atoms with Gasteiger partial charge >= 0.3 is 0 Å². The SMILES string of the molecule is Cc1ccc(-c2ccc(CCc3cc4cc(c3)CCc3ccc(-c5ccc(C)cn5)cc3-c3nc(ccc3C)-c3ccc(cc3)CC4)cc2)nc1. The van der Waals surface area contributed by atoms with E-state index in [9.17, 15) is 0 Å². The first-order valence-electron chi connectivity index (χ1n) is 18.2. The van der Waals surface area contributed by atoms with Crippen LogP contribution < -0.4 is 0 Å². The molecule has 3 aromatic heterocycles. The molecule has 7 aromatic rings. The van der Waals surface area contributed by atoms with Crippen molar-refractivity contribution in [1.82, 2.24) is 15.0 Å². The van der Waals surface area contributed by atoms with Gasteiger partial charge in [0.2, 0.25) is 0 Å². The molecular weight excluding hydrogens is 619 g/mol. The fraction of sp³-hybridized carbons (Fsp3) is 0.188. The molecule has 0 radical (unpaired) electrons. The molecule has 250 valence electrons. The first-order chi connectivity index (χ1) is 24.9. The Bertz CT molecular complexity index is 2300. The average Bonchev–Trinajstić information content (AvgIpc) is 3.16. The van der Waals surface area contributed by atoms with Crippen molar-refractivity contribution in [2.24, 2.45) is 0 Å². The summed E-state index contributed by atoms with van der Waals surface area (Å²) in [5.74, 6) is 0. The summed E-state index contributed by atoms with van der Waals surface area (Å²) >= 11 is 0. The summed E-state index contributed by atoms with van der Waals surface area (Å²) in [5.41, 5.74) is 20.5. The molecule has 2 aliphatic heterocycles. The van der Waals surface area contributed by atoms with Gasteiger partial charge in [-0.3, -0.25) is 9.97 Å². The molecule has 0 aliphatic carbocycles. The number of aryl methyl sites for hydroxylation is 9. The molecule has 2 aliphatic rings. The summed E-state index contributed by atoms with van der Waals surface area (Å²) in [6, 6.07) is 45.0. The van der Waals surface area contributed by atoms with Gasteiger partial charge in [0.05, 0.1) is 22.8 Å². The highest BCUT2D eigenvalue weighted by atomic mass is 14.7. The summed E-state index contributed by atoms with van der Waals surface area (Å²) in [6.45, 7) is 6.33. The summed E-state index contributed by atoms with van der Waals surface area (Å²) in [7, 11) is 0. The van der Waals surface area contributed by atoms with Crippen LogP contribution in [0.1, 0.15) is 50.1 Å². The molecule has 3 heteroatoms. The highest BCUT2D eigenvalue weighted by Gasteiger charge is 2.15. The second-order valence-electron chi connectivity index (χ2n) is 14.2.